The third kappa shape index (κ3) is 3.62. The van der Waals surface area contributed by atoms with Crippen LogP contribution in [0.5, 0.6) is 0 Å². The molecule has 0 amide bonds. The number of benzene rings is 1. The Kier molecular flexibility index (Phi) is 5.08. The first-order valence-electron chi connectivity index (χ1n) is 7.07. The van der Waals surface area contributed by atoms with Crippen LogP contribution >= 0.6 is 11.6 Å². The zero-order valence-electron chi connectivity index (χ0n) is 11.7. The van der Waals surface area contributed by atoms with Gasteiger partial charge in [0, 0.05) is 29.8 Å². The highest BCUT2D eigenvalue weighted by Crippen LogP contribution is 2.29. The molecular formula is C15H23ClN2O. The van der Waals surface area contributed by atoms with E-state index in [9.17, 15) is 5.11 Å². The van der Waals surface area contributed by atoms with Crippen molar-refractivity contribution in [3.63, 3.8) is 0 Å². The number of hydrogen-bond donors (Lipinski definition) is 2. The Morgan fingerprint density at radius 1 is 1.42 bits per heavy atom. The molecule has 0 aromatic heterocycles. The lowest BCUT2D eigenvalue weighted by Crippen LogP contribution is -2.35. The summed E-state index contributed by atoms with van der Waals surface area (Å²) < 4.78 is 0. The van der Waals surface area contributed by atoms with E-state index in [1.807, 2.05) is 6.07 Å². The predicted molar refractivity (Wildman–Crippen MR) is 81.0 cm³/mol. The second kappa shape index (κ2) is 6.60. The van der Waals surface area contributed by atoms with E-state index in [1.165, 1.54) is 0 Å². The number of aliphatic hydroxyl groups excluding tert-OH is 1. The molecular weight excluding hydrogens is 260 g/mol. The van der Waals surface area contributed by atoms with Crippen LogP contribution in [0, 0.1) is 0 Å². The van der Waals surface area contributed by atoms with Crippen LogP contribution in [-0.2, 0) is 0 Å². The van der Waals surface area contributed by atoms with Gasteiger partial charge in [-0.1, -0.05) is 24.6 Å². The van der Waals surface area contributed by atoms with Crippen molar-refractivity contribution in [3.05, 3.63) is 28.8 Å². The fraction of sp³-hybridized carbons (Fsp3) is 0.600. The predicted octanol–water partition coefficient (Wildman–Crippen LogP) is 2.97. The lowest BCUT2D eigenvalue weighted by Gasteiger charge is -2.32. The Labute approximate surface area is 120 Å². The molecule has 1 aromatic rings. The summed E-state index contributed by atoms with van der Waals surface area (Å²) in [6.45, 7) is 6.96. The van der Waals surface area contributed by atoms with Crippen molar-refractivity contribution >= 4 is 17.3 Å². The molecule has 4 heteroatoms. The van der Waals surface area contributed by atoms with E-state index in [2.05, 4.69) is 36.2 Å². The van der Waals surface area contributed by atoms with Crippen LogP contribution in [-0.4, -0.2) is 30.8 Å². The van der Waals surface area contributed by atoms with Gasteiger partial charge in [-0.3, -0.25) is 0 Å². The van der Waals surface area contributed by atoms with Crippen molar-refractivity contribution in [2.24, 2.45) is 0 Å². The monoisotopic (exact) mass is 282 g/mol. The molecule has 3 nitrogen and oxygen atoms in total. The van der Waals surface area contributed by atoms with E-state index < -0.39 is 0 Å². The number of anilines is 1. The first-order chi connectivity index (χ1) is 9.11. The van der Waals surface area contributed by atoms with Gasteiger partial charge in [0.1, 0.15) is 0 Å². The van der Waals surface area contributed by atoms with Crippen molar-refractivity contribution in [1.82, 2.24) is 5.32 Å². The molecule has 1 fully saturated rings. The molecule has 1 aromatic carbocycles. The first-order valence-corrected chi connectivity index (χ1v) is 7.45. The number of nitrogens with zero attached hydrogens (tertiary/aromatic N) is 1. The molecule has 1 saturated heterocycles. The molecule has 0 bridgehead atoms. The highest BCUT2D eigenvalue weighted by molar-refractivity contribution is 6.31. The van der Waals surface area contributed by atoms with Gasteiger partial charge in [0.25, 0.3) is 0 Å². The summed E-state index contributed by atoms with van der Waals surface area (Å²) in [5.41, 5.74) is 2.30. The number of hydrogen-bond acceptors (Lipinski definition) is 3. The summed E-state index contributed by atoms with van der Waals surface area (Å²) >= 11 is 6.39. The van der Waals surface area contributed by atoms with Crippen LogP contribution < -0.4 is 10.2 Å². The third-order valence-corrected chi connectivity index (χ3v) is 4.12. The Morgan fingerprint density at radius 3 is 2.68 bits per heavy atom. The molecule has 1 aliphatic heterocycles. The van der Waals surface area contributed by atoms with E-state index >= 15 is 0 Å². The van der Waals surface area contributed by atoms with Gasteiger partial charge in [-0.15, -0.1) is 0 Å². The maximum Gasteiger partial charge on any atom is 0.0574 e. The minimum Gasteiger partial charge on any atom is -0.393 e. The molecule has 0 radical (unpaired) electrons. The number of nitrogens with one attached hydrogen (secondary N) is 1. The summed E-state index contributed by atoms with van der Waals surface area (Å²) in [4.78, 5) is 2.29. The van der Waals surface area contributed by atoms with Crippen LogP contribution in [0.25, 0.3) is 0 Å². The van der Waals surface area contributed by atoms with Crippen molar-refractivity contribution < 1.29 is 5.11 Å². The number of halogens is 1. The van der Waals surface area contributed by atoms with E-state index in [4.69, 9.17) is 11.6 Å². The third-order valence-electron chi connectivity index (χ3n) is 3.79. The smallest absolute Gasteiger partial charge is 0.0574 e. The minimum atomic E-state index is -0.139. The molecule has 19 heavy (non-hydrogen) atoms. The zero-order valence-corrected chi connectivity index (χ0v) is 12.5. The molecule has 106 valence electrons. The summed E-state index contributed by atoms with van der Waals surface area (Å²) in [5, 5.41) is 13.7. The Morgan fingerprint density at radius 2 is 2.11 bits per heavy atom. The van der Waals surface area contributed by atoms with Gasteiger partial charge in [0.05, 0.1) is 6.10 Å². The molecule has 0 aliphatic carbocycles. The van der Waals surface area contributed by atoms with E-state index in [1.54, 1.807) is 0 Å². The first kappa shape index (κ1) is 14.6. The second-order valence-corrected chi connectivity index (χ2v) is 5.61. The average Bonchev–Trinajstić information content (AvgIpc) is 2.39. The van der Waals surface area contributed by atoms with Gasteiger partial charge in [0.2, 0.25) is 0 Å². The van der Waals surface area contributed by atoms with Gasteiger partial charge in [-0.25, -0.2) is 0 Å². The summed E-state index contributed by atoms with van der Waals surface area (Å²) in [5.74, 6) is 0. The molecule has 1 aliphatic rings. The second-order valence-electron chi connectivity index (χ2n) is 5.20. The van der Waals surface area contributed by atoms with Crippen LogP contribution in [0.2, 0.25) is 5.02 Å². The van der Waals surface area contributed by atoms with Crippen LogP contribution in [0.15, 0.2) is 18.2 Å². The average molecular weight is 283 g/mol. The SMILES string of the molecule is CCNC(C)c1ccc(N2CCC(O)CC2)cc1Cl. The zero-order chi connectivity index (χ0) is 13.8. The molecule has 1 unspecified atom stereocenters. The minimum absolute atomic E-state index is 0.139. The number of aliphatic hydroxyl groups is 1. The number of rotatable bonds is 4. The maximum atomic E-state index is 9.54. The number of piperidine rings is 1. The molecule has 2 N–H and O–H groups in total. The van der Waals surface area contributed by atoms with Crippen molar-refractivity contribution in [1.29, 1.82) is 0 Å². The summed E-state index contributed by atoms with van der Waals surface area (Å²) in [7, 11) is 0. The van der Waals surface area contributed by atoms with Gasteiger partial charge < -0.3 is 15.3 Å². The van der Waals surface area contributed by atoms with Crippen molar-refractivity contribution in [3.8, 4) is 0 Å². The standard InChI is InChI=1S/C15H23ClN2O/c1-3-17-11(2)14-5-4-12(10-15(14)16)18-8-6-13(19)7-9-18/h4-5,10-11,13,17,19H,3,6-9H2,1-2H3. The fourth-order valence-corrected chi connectivity index (χ4v) is 2.94. The largest absolute Gasteiger partial charge is 0.393 e. The molecule has 2 rings (SSSR count). The van der Waals surface area contributed by atoms with E-state index in [0.717, 1.165) is 48.7 Å². The highest BCUT2D eigenvalue weighted by atomic mass is 35.5. The van der Waals surface area contributed by atoms with Crippen molar-refractivity contribution in [2.45, 2.75) is 38.8 Å². The van der Waals surface area contributed by atoms with E-state index in [-0.39, 0.29) is 12.1 Å². The molecule has 1 heterocycles. The van der Waals surface area contributed by atoms with Gasteiger partial charge >= 0.3 is 0 Å². The normalized spacial score (nSPS) is 18.6. The summed E-state index contributed by atoms with van der Waals surface area (Å²) in [6, 6.07) is 6.56. The van der Waals surface area contributed by atoms with Gasteiger partial charge in [-0.05, 0) is 44.0 Å². The Hall–Kier alpha value is -0.770. The fourth-order valence-electron chi connectivity index (χ4n) is 2.60. The van der Waals surface area contributed by atoms with Crippen LogP contribution in [0.4, 0.5) is 5.69 Å². The molecule has 0 spiro atoms. The van der Waals surface area contributed by atoms with Crippen LogP contribution in [0.1, 0.15) is 38.3 Å². The van der Waals surface area contributed by atoms with Crippen LogP contribution in [0.3, 0.4) is 0 Å². The lowest BCUT2D eigenvalue weighted by molar-refractivity contribution is 0.145. The molecule has 0 saturated carbocycles. The quantitative estimate of drug-likeness (QED) is 0.891. The Balaban J connectivity index is 2.10. The maximum absolute atomic E-state index is 9.54. The summed E-state index contributed by atoms with van der Waals surface area (Å²) in [6.07, 6.45) is 1.54. The van der Waals surface area contributed by atoms with Crippen molar-refractivity contribution in [2.75, 3.05) is 24.5 Å². The lowest BCUT2D eigenvalue weighted by atomic mass is 10.0. The van der Waals surface area contributed by atoms with Gasteiger partial charge in [0.15, 0.2) is 0 Å². The topological polar surface area (TPSA) is 35.5 Å². The Bertz CT molecular complexity index is 417. The highest BCUT2D eigenvalue weighted by Gasteiger charge is 2.18. The van der Waals surface area contributed by atoms with E-state index in [0.29, 0.717) is 0 Å². The van der Waals surface area contributed by atoms with Gasteiger partial charge in [-0.2, -0.15) is 0 Å². The molecule has 1 atom stereocenters.